The van der Waals surface area contributed by atoms with Gasteiger partial charge in [-0.15, -0.1) is 0 Å². The molecule has 2 nitrogen and oxygen atoms in total. The molecule has 1 unspecified atom stereocenters. The number of rotatable bonds is 5. The van der Waals surface area contributed by atoms with Crippen LogP contribution in [-0.4, -0.2) is 38.7 Å². The molecule has 0 amide bonds. The van der Waals surface area contributed by atoms with Gasteiger partial charge in [0, 0.05) is 6.61 Å². The summed E-state index contributed by atoms with van der Waals surface area (Å²) in [5.41, 5.74) is 0. The van der Waals surface area contributed by atoms with E-state index in [2.05, 4.69) is 4.74 Å². The molecule has 0 rings (SSSR count). The topological polar surface area (TPSA) is 21.3 Å². The number of likely N-dealkylation sites (N-methyl/N-ethyl adjacent to an activating group) is 1. The lowest BCUT2D eigenvalue weighted by atomic mass is 9.99. The van der Waals surface area contributed by atoms with Crippen LogP contribution in [0.2, 0.25) is 0 Å². The Morgan fingerprint density at radius 2 is 1.50 bits per heavy atom. The first-order valence-corrected chi connectivity index (χ1v) is 4.53. The van der Waals surface area contributed by atoms with Gasteiger partial charge in [0.25, 0.3) is 0 Å². The molecule has 0 aliphatic heterocycles. The van der Waals surface area contributed by atoms with Crippen LogP contribution in [0.1, 0.15) is 6.92 Å². The van der Waals surface area contributed by atoms with Crippen molar-refractivity contribution in [2.24, 2.45) is 5.92 Å². The first-order valence-electron chi connectivity index (χ1n) is 4.53. The average Bonchev–Trinajstić information content (AvgIpc) is 2.07. The summed E-state index contributed by atoms with van der Waals surface area (Å²) in [6, 6.07) is -1.83. The molecule has 0 fully saturated rings. The molecule has 0 bridgehead atoms. The number of nitrogens with one attached hydrogen (secondary N) is 1. The minimum atomic E-state index is -5.34. The van der Waals surface area contributed by atoms with Crippen molar-refractivity contribution in [1.82, 2.24) is 5.32 Å². The molecule has 0 aromatic carbocycles. The SMILES string of the molecule is CCOCC(NC)C(C(F)(F)F)C(F)(F)F. The summed E-state index contributed by atoms with van der Waals surface area (Å²) in [6.45, 7) is 0.903. The molecule has 0 aliphatic rings. The number of halogens is 6. The Morgan fingerprint density at radius 3 is 1.75 bits per heavy atom. The third kappa shape index (κ3) is 4.56. The molecule has 0 saturated heterocycles. The molecule has 98 valence electrons. The van der Waals surface area contributed by atoms with Crippen LogP contribution in [0.5, 0.6) is 0 Å². The largest absolute Gasteiger partial charge is 0.402 e. The van der Waals surface area contributed by atoms with Gasteiger partial charge >= 0.3 is 12.4 Å². The third-order valence-corrected chi connectivity index (χ3v) is 1.98. The second-order valence-electron chi connectivity index (χ2n) is 3.12. The van der Waals surface area contributed by atoms with E-state index in [1.807, 2.05) is 5.32 Å². The van der Waals surface area contributed by atoms with E-state index in [-0.39, 0.29) is 6.61 Å². The van der Waals surface area contributed by atoms with E-state index < -0.39 is 30.9 Å². The fourth-order valence-electron chi connectivity index (χ4n) is 1.23. The number of hydrogen-bond donors (Lipinski definition) is 1. The molecule has 0 spiro atoms. The van der Waals surface area contributed by atoms with Crippen LogP contribution in [0.15, 0.2) is 0 Å². The van der Waals surface area contributed by atoms with Crippen LogP contribution in [0.25, 0.3) is 0 Å². The van der Waals surface area contributed by atoms with Crippen LogP contribution < -0.4 is 5.32 Å². The standard InChI is InChI=1S/C8H13F6NO/c1-3-16-4-5(15-2)6(7(9,10)11)8(12,13)14/h5-6,15H,3-4H2,1-2H3. The van der Waals surface area contributed by atoms with Crippen LogP contribution in [0.4, 0.5) is 26.3 Å². The van der Waals surface area contributed by atoms with E-state index in [0.717, 1.165) is 7.05 Å². The van der Waals surface area contributed by atoms with Gasteiger partial charge in [-0.2, -0.15) is 26.3 Å². The molecule has 0 heterocycles. The molecular formula is C8H13F6NO. The summed E-state index contributed by atoms with van der Waals surface area (Å²) in [4.78, 5) is 0. The zero-order chi connectivity index (χ0) is 13.0. The highest BCUT2D eigenvalue weighted by Crippen LogP contribution is 2.41. The summed E-state index contributed by atoms with van der Waals surface area (Å²) >= 11 is 0. The molecule has 0 aliphatic carbocycles. The summed E-state index contributed by atoms with van der Waals surface area (Å²) < 4.78 is 78.2. The number of alkyl halides is 6. The van der Waals surface area contributed by atoms with Crippen LogP contribution >= 0.6 is 0 Å². The van der Waals surface area contributed by atoms with E-state index in [1.54, 1.807) is 0 Å². The van der Waals surface area contributed by atoms with Crippen LogP contribution in [-0.2, 0) is 4.74 Å². The van der Waals surface area contributed by atoms with Crippen molar-refractivity contribution in [2.75, 3.05) is 20.3 Å². The maximum absolute atomic E-state index is 12.3. The molecule has 1 N–H and O–H groups in total. The van der Waals surface area contributed by atoms with Gasteiger partial charge in [0.05, 0.1) is 12.6 Å². The molecule has 16 heavy (non-hydrogen) atoms. The van der Waals surface area contributed by atoms with Gasteiger partial charge in [0.2, 0.25) is 0 Å². The Labute approximate surface area is 89.0 Å². The predicted octanol–water partition coefficient (Wildman–Crippen LogP) is 2.35. The maximum Gasteiger partial charge on any atom is 0.402 e. The molecule has 8 heteroatoms. The Morgan fingerprint density at radius 1 is 1.06 bits per heavy atom. The van der Waals surface area contributed by atoms with E-state index in [9.17, 15) is 26.3 Å². The highest BCUT2D eigenvalue weighted by atomic mass is 19.4. The minimum absolute atomic E-state index is 0.0562. The second kappa shape index (κ2) is 5.72. The minimum Gasteiger partial charge on any atom is -0.380 e. The second-order valence-corrected chi connectivity index (χ2v) is 3.12. The van der Waals surface area contributed by atoms with Crippen molar-refractivity contribution in [2.45, 2.75) is 25.3 Å². The number of hydrogen-bond acceptors (Lipinski definition) is 2. The molecule has 0 aromatic rings. The summed E-state index contributed by atoms with van der Waals surface area (Å²) in [5.74, 6) is -3.42. The molecule has 0 saturated carbocycles. The quantitative estimate of drug-likeness (QED) is 0.759. The van der Waals surface area contributed by atoms with Crippen molar-refractivity contribution in [3.63, 3.8) is 0 Å². The third-order valence-electron chi connectivity index (χ3n) is 1.98. The monoisotopic (exact) mass is 253 g/mol. The summed E-state index contributed by atoms with van der Waals surface area (Å²) in [7, 11) is 1.04. The van der Waals surface area contributed by atoms with Crippen molar-refractivity contribution >= 4 is 0 Å². The van der Waals surface area contributed by atoms with Crippen LogP contribution in [0, 0.1) is 5.92 Å². The summed E-state index contributed by atoms with van der Waals surface area (Å²) in [6.07, 6.45) is -10.7. The Balaban J connectivity index is 4.86. The van der Waals surface area contributed by atoms with Gasteiger partial charge in [0.1, 0.15) is 0 Å². The lowest BCUT2D eigenvalue weighted by Crippen LogP contribution is -2.52. The van der Waals surface area contributed by atoms with Crippen molar-refractivity contribution in [1.29, 1.82) is 0 Å². The van der Waals surface area contributed by atoms with Crippen molar-refractivity contribution in [3.8, 4) is 0 Å². The fraction of sp³-hybridized carbons (Fsp3) is 1.00. The Bertz CT molecular complexity index is 188. The van der Waals surface area contributed by atoms with Crippen LogP contribution in [0.3, 0.4) is 0 Å². The van der Waals surface area contributed by atoms with E-state index in [4.69, 9.17) is 0 Å². The first kappa shape index (κ1) is 15.5. The van der Waals surface area contributed by atoms with E-state index in [1.165, 1.54) is 6.92 Å². The normalized spacial score (nSPS) is 15.6. The smallest absolute Gasteiger partial charge is 0.380 e. The molecule has 0 aromatic heterocycles. The molecular weight excluding hydrogens is 240 g/mol. The van der Waals surface area contributed by atoms with E-state index in [0.29, 0.717) is 0 Å². The number of ether oxygens (including phenoxy) is 1. The van der Waals surface area contributed by atoms with Gasteiger partial charge < -0.3 is 10.1 Å². The van der Waals surface area contributed by atoms with Gasteiger partial charge in [-0.25, -0.2) is 0 Å². The molecule has 1 atom stereocenters. The highest BCUT2D eigenvalue weighted by Gasteiger charge is 2.59. The Kier molecular flexibility index (Phi) is 5.54. The van der Waals surface area contributed by atoms with Gasteiger partial charge in [0.15, 0.2) is 5.92 Å². The lowest BCUT2D eigenvalue weighted by molar-refractivity contribution is -0.293. The first-order chi connectivity index (χ1) is 7.14. The lowest BCUT2D eigenvalue weighted by Gasteiger charge is -2.30. The maximum atomic E-state index is 12.3. The zero-order valence-corrected chi connectivity index (χ0v) is 8.74. The van der Waals surface area contributed by atoms with Crippen molar-refractivity contribution < 1.29 is 31.1 Å². The average molecular weight is 253 g/mol. The Hall–Kier alpha value is -0.500. The van der Waals surface area contributed by atoms with Gasteiger partial charge in [-0.3, -0.25) is 0 Å². The predicted molar refractivity (Wildman–Crippen MR) is 44.9 cm³/mol. The fourth-order valence-corrected chi connectivity index (χ4v) is 1.23. The van der Waals surface area contributed by atoms with Crippen molar-refractivity contribution in [3.05, 3.63) is 0 Å². The van der Waals surface area contributed by atoms with E-state index >= 15 is 0 Å². The van der Waals surface area contributed by atoms with Gasteiger partial charge in [-0.1, -0.05) is 0 Å². The summed E-state index contributed by atoms with van der Waals surface area (Å²) in [5, 5.41) is 1.99. The molecule has 0 radical (unpaired) electrons. The van der Waals surface area contributed by atoms with Gasteiger partial charge in [-0.05, 0) is 14.0 Å². The zero-order valence-electron chi connectivity index (χ0n) is 8.74. The highest BCUT2D eigenvalue weighted by molar-refractivity contribution is 4.86.